The summed E-state index contributed by atoms with van der Waals surface area (Å²) in [5.41, 5.74) is 4.13. The van der Waals surface area contributed by atoms with Crippen LogP contribution in [0, 0.1) is 20.8 Å². The molecule has 0 aliphatic carbocycles. The van der Waals surface area contributed by atoms with E-state index in [1.54, 1.807) is 55.5 Å². The molecule has 202 valence electrons. The minimum absolute atomic E-state index is 0.0903. The first-order valence-corrected chi connectivity index (χ1v) is 14.1. The molecule has 7 nitrogen and oxygen atoms in total. The van der Waals surface area contributed by atoms with Crippen molar-refractivity contribution in [2.75, 3.05) is 10.8 Å². The fourth-order valence-corrected chi connectivity index (χ4v) is 5.45. The summed E-state index contributed by atoms with van der Waals surface area (Å²) in [6.07, 6.45) is 0. The quantitative estimate of drug-likeness (QED) is 0.406. The highest BCUT2D eigenvalue weighted by atomic mass is 32.2. The van der Waals surface area contributed by atoms with E-state index in [0.29, 0.717) is 5.69 Å². The number of nitrogens with one attached hydrogen (secondary N) is 1. The first kappa shape index (κ1) is 28.9. The molecule has 38 heavy (non-hydrogen) atoms. The van der Waals surface area contributed by atoms with Crippen LogP contribution in [0.25, 0.3) is 0 Å². The third kappa shape index (κ3) is 7.01. The fourth-order valence-electron chi connectivity index (χ4n) is 4.04. The molecular formula is C30H37N3O4S. The molecule has 3 aromatic rings. The van der Waals surface area contributed by atoms with Gasteiger partial charge in [0.15, 0.2) is 0 Å². The van der Waals surface area contributed by atoms with Crippen LogP contribution in [0.15, 0.2) is 77.7 Å². The van der Waals surface area contributed by atoms with Gasteiger partial charge in [0, 0.05) is 12.6 Å². The number of carbonyl (C=O) groups excluding carboxylic acids is 2. The van der Waals surface area contributed by atoms with E-state index in [1.807, 2.05) is 58.9 Å². The minimum Gasteiger partial charge on any atom is -0.352 e. The van der Waals surface area contributed by atoms with Crippen molar-refractivity contribution in [2.24, 2.45) is 0 Å². The third-order valence-electron chi connectivity index (χ3n) is 6.41. The molecule has 0 saturated carbocycles. The van der Waals surface area contributed by atoms with Crippen LogP contribution in [0.3, 0.4) is 0 Å². The van der Waals surface area contributed by atoms with Gasteiger partial charge in [-0.05, 0) is 76.9 Å². The molecule has 0 fully saturated rings. The zero-order valence-electron chi connectivity index (χ0n) is 22.9. The van der Waals surface area contributed by atoms with Gasteiger partial charge in [0.25, 0.3) is 10.0 Å². The molecule has 1 atom stereocenters. The van der Waals surface area contributed by atoms with Crippen molar-refractivity contribution in [1.82, 2.24) is 10.2 Å². The summed E-state index contributed by atoms with van der Waals surface area (Å²) in [5.74, 6) is -0.777. The van der Waals surface area contributed by atoms with Gasteiger partial charge in [-0.15, -0.1) is 0 Å². The lowest BCUT2D eigenvalue weighted by molar-refractivity contribution is -0.139. The van der Waals surface area contributed by atoms with Gasteiger partial charge in [0.05, 0.1) is 10.6 Å². The Kier molecular flexibility index (Phi) is 9.33. The zero-order valence-corrected chi connectivity index (χ0v) is 23.7. The Morgan fingerprint density at radius 1 is 0.816 bits per heavy atom. The van der Waals surface area contributed by atoms with Gasteiger partial charge in [-0.25, -0.2) is 8.42 Å². The second-order valence-corrected chi connectivity index (χ2v) is 11.8. The molecule has 0 aromatic heterocycles. The maximum absolute atomic E-state index is 13.9. The molecule has 8 heteroatoms. The first-order valence-electron chi connectivity index (χ1n) is 12.7. The van der Waals surface area contributed by atoms with Gasteiger partial charge in [0.1, 0.15) is 12.6 Å². The molecule has 1 N–H and O–H groups in total. The van der Waals surface area contributed by atoms with Crippen molar-refractivity contribution in [2.45, 2.75) is 65.1 Å². The number of nitrogens with zero attached hydrogens (tertiary/aromatic N) is 2. The number of rotatable bonds is 10. The molecule has 0 saturated heterocycles. The monoisotopic (exact) mass is 535 g/mol. The molecule has 3 rings (SSSR count). The highest BCUT2D eigenvalue weighted by Crippen LogP contribution is 2.25. The third-order valence-corrected chi connectivity index (χ3v) is 8.20. The normalized spacial score (nSPS) is 12.2. The van der Waals surface area contributed by atoms with Crippen LogP contribution in [-0.2, 0) is 26.2 Å². The summed E-state index contributed by atoms with van der Waals surface area (Å²) in [4.78, 5) is 28.4. The smallest absolute Gasteiger partial charge is 0.264 e. The largest absolute Gasteiger partial charge is 0.352 e. The molecular weight excluding hydrogens is 498 g/mol. The average molecular weight is 536 g/mol. The molecule has 0 radical (unpaired) electrons. The summed E-state index contributed by atoms with van der Waals surface area (Å²) in [6.45, 7) is 10.8. The van der Waals surface area contributed by atoms with Crippen LogP contribution >= 0.6 is 0 Å². The minimum atomic E-state index is -4.07. The average Bonchev–Trinajstić information content (AvgIpc) is 2.86. The zero-order chi connectivity index (χ0) is 28.0. The number of hydrogen-bond donors (Lipinski definition) is 1. The maximum Gasteiger partial charge on any atom is 0.264 e. The fraction of sp³-hybridized carbons (Fsp3) is 0.333. The number of benzene rings is 3. The standard InChI is InChI=1S/C30H37N3O4S/c1-21(2)31-30(35)25(6)32(19-26-10-8-7-9-24(26)5)29(34)20-33(27-15-11-22(3)12-16-27)38(36,37)28-17-13-23(4)14-18-28/h7-18,21,25H,19-20H2,1-6H3,(H,31,35)/t25-/m1/s1. The predicted octanol–water partition coefficient (Wildman–Crippen LogP) is 4.75. The molecule has 0 aliphatic heterocycles. The Labute approximate surface area is 226 Å². The highest BCUT2D eigenvalue weighted by Gasteiger charge is 2.32. The summed E-state index contributed by atoms with van der Waals surface area (Å²) in [7, 11) is -4.07. The van der Waals surface area contributed by atoms with Gasteiger partial charge in [-0.2, -0.15) is 0 Å². The number of aryl methyl sites for hydroxylation is 3. The maximum atomic E-state index is 13.9. The summed E-state index contributed by atoms with van der Waals surface area (Å²) in [6, 6.07) is 20.2. The lowest BCUT2D eigenvalue weighted by Crippen LogP contribution is -2.52. The number of sulfonamides is 1. The molecule has 0 spiro atoms. The SMILES string of the molecule is Cc1ccc(N(CC(=O)N(Cc2ccccc2C)[C@H](C)C(=O)NC(C)C)S(=O)(=O)c2ccc(C)cc2)cc1. The Bertz CT molecular complexity index is 1370. The van der Waals surface area contributed by atoms with Crippen molar-refractivity contribution in [3.8, 4) is 0 Å². The van der Waals surface area contributed by atoms with Crippen LogP contribution in [0.4, 0.5) is 5.69 Å². The molecule has 0 bridgehead atoms. The number of hydrogen-bond acceptors (Lipinski definition) is 4. The highest BCUT2D eigenvalue weighted by molar-refractivity contribution is 7.92. The van der Waals surface area contributed by atoms with Gasteiger partial charge >= 0.3 is 0 Å². The van der Waals surface area contributed by atoms with E-state index in [4.69, 9.17) is 0 Å². The van der Waals surface area contributed by atoms with E-state index < -0.39 is 28.5 Å². The summed E-state index contributed by atoms with van der Waals surface area (Å²) < 4.78 is 28.8. The Hall–Kier alpha value is -3.65. The van der Waals surface area contributed by atoms with Crippen molar-refractivity contribution in [3.05, 3.63) is 95.1 Å². The van der Waals surface area contributed by atoms with Gasteiger partial charge < -0.3 is 10.2 Å². The molecule has 2 amide bonds. The first-order chi connectivity index (χ1) is 17.9. The van der Waals surface area contributed by atoms with Crippen molar-refractivity contribution in [1.29, 1.82) is 0 Å². The second kappa shape index (κ2) is 12.3. The van der Waals surface area contributed by atoms with Crippen LogP contribution in [0.5, 0.6) is 0 Å². The van der Waals surface area contributed by atoms with E-state index in [1.165, 1.54) is 4.90 Å². The van der Waals surface area contributed by atoms with Gasteiger partial charge in [0.2, 0.25) is 11.8 Å². The van der Waals surface area contributed by atoms with Crippen LogP contribution < -0.4 is 9.62 Å². The van der Waals surface area contributed by atoms with E-state index in [-0.39, 0.29) is 23.4 Å². The molecule has 3 aromatic carbocycles. The lowest BCUT2D eigenvalue weighted by Gasteiger charge is -2.32. The van der Waals surface area contributed by atoms with E-state index in [0.717, 1.165) is 26.6 Å². The van der Waals surface area contributed by atoms with Gasteiger partial charge in [-0.1, -0.05) is 59.7 Å². The van der Waals surface area contributed by atoms with Crippen LogP contribution in [-0.4, -0.2) is 43.8 Å². The Morgan fingerprint density at radius 2 is 1.37 bits per heavy atom. The van der Waals surface area contributed by atoms with Crippen molar-refractivity contribution in [3.63, 3.8) is 0 Å². The molecule has 0 heterocycles. The topological polar surface area (TPSA) is 86.8 Å². The number of carbonyl (C=O) groups is 2. The van der Waals surface area contributed by atoms with Crippen LogP contribution in [0.2, 0.25) is 0 Å². The Morgan fingerprint density at radius 3 is 1.92 bits per heavy atom. The number of anilines is 1. The van der Waals surface area contributed by atoms with Crippen molar-refractivity contribution >= 4 is 27.5 Å². The Balaban J connectivity index is 2.03. The summed E-state index contributed by atoms with van der Waals surface area (Å²) in [5, 5.41) is 2.87. The van der Waals surface area contributed by atoms with E-state index in [2.05, 4.69) is 5.32 Å². The molecule has 0 aliphatic rings. The van der Waals surface area contributed by atoms with E-state index >= 15 is 0 Å². The predicted molar refractivity (Wildman–Crippen MR) is 151 cm³/mol. The van der Waals surface area contributed by atoms with Crippen LogP contribution in [0.1, 0.15) is 43.0 Å². The van der Waals surface area contributed by atoms with Gasteiger partial charge in [-0.3, -0.25) is 13.9 Å². The summed E-state index contributed by atoms with van der Waals surface area (Å²) >= 11 is 0. The lowest BCUT2D eigenvalue weighted by atomic mass is 10.1. The number of amides is 2. The second-order valence-electron chi connectivity index (χ2n) is 9.95. The molecule has 0 unspecified atom stereocenters. The van der Waals surface area contributed by atoms with Crippen molar-refractivity contribution < 1.29 is 18.0 Å². The van der Waals surface area contributed by atoms with E-state index in [9.17, 15) is 18.0 Å².